The van der Waals surface area contributed by atoms with E-state index in [9.17, 15) is 0 Å². The molecule has 4 heteroatoms. The minimum Gasteiger partial charge on any atom is -0.399 e. The molecule has 2 rings (SSSR count). The zero-order valence-corrected chi connectivity index (χ0v) is 10.1. The number of nitrogen functional groups attached to an aromatic ring is 1. The zero-order valence-electron chi connectivity index (χ0n) is 10.1. The van der Waals surface area contributed by atoms with Crippen LogP contribution in [0.4, 0.5) is 5.69 Å². The molecule has 1 heterocycles. The van der Waals surface area contributed by atoms with Crippen LogP contribution in [0.25, 0.3) is 11.4 Å². The molecule has 0 unspecified atom stereocenters. The molecule has 0 fully saturated rings. The van der Waals surface area contributed by atoms with Gasteiger partial charge in [-0.05, 0) is 38.1 Å². The van der Waals surface area contributed by atoms with Crippen molar-refractivity contribution < 1.29 is 0 Å². The van der Waals surface area contributed by atoms with Crippen LogP contribution in [0, 0.1) is 0 Å². The number of nitrogens with zero attached hydrogens (tertiary/aromatic N) is 3. The van der Waals surface area contributed by atoms with Crippen LogP contribution < -0.4 is 5.73 Å². The predicted molar refractivity (Wildman–Crippen MR) is 69.3 cm³/mol. The van der Waals surface area contributed by atoms with Crippen LogP contribution in [0.2, 0.25) is 0 Å². The number of rotatable bonds is 3. The zero-order chi connectivity index (χ0) is 12.3. The maximum atomic E-state index is 5.64. The van der Waals surface area contributed by atoms with Gasteiger partial charge in [-0.25, -0.2) is 9.67 Å². The minimum atomic E-state index is 0.729. The lowest BCUT2D eigenvalue weighted by atomic mass is 10.2. The number of benzene rings is 1. The van der Waals surface area contributed by atoms with Gasteiger partial charge in [0, 0.05) is 11.3 Å². The van der Waals surface area contributed by atoms with Gasteiger partial charge in [0.1, 0.15) is 6.33 Å². The first-order valence-corrected chi connectivity index (χ1v) is 5.54. The van der Waals surface area contributed by atoms with E-state index in [0.717, 1.165) is 23.6 Å². The number of hydrogen-bond donors (Lipinski definition) is 1. The van der Waals surface area contributed by atoms with E-state index in [1.165, 1.54) is 5.57 Å². The number of nitrogens with two attached hydrogens (primary N) is 1. The van der Waals surface area contributed by atoms with Crippen molar-refractivity contribution in [3.8, 4) is 11.4 Å². The monoisotopic (exact) mass is 228 g/mol. The Bertz CT molecular complexity index is 519. The molecule has 0 radical (unpaired) electrons. The normalized spacial score (nSPS) is 10.2. The Kier molecular flexibility index (Phi) is 3.23. The van der Waals surface area contributed by atoms with Crippen LogP contribution in [0.15, 0.2) is 42.2 Å². The van der Waals surface area contributed by atoms with Crippen molar-refractivity contribution >= 4 is 5.69 Å². The Hall–Kier alpha value is -2.10. The molecule has 1 aromatic heterocycles. The van der Waals surface area contributed by atoms with Crippen molar-refractivity contribution in [2.75, 3.05) is 5.73 Å². The van der Waals surface area contributed by atoms with Crippen LogP contribution in [0.3, 0.4) is 0 Å². The SMILES string of the molecule is CC(C)=CCn1cnc(-c2ccc(N)cc2)n1. The van der Waals surface area contributed by atoms with E-state index >= 15 is 0 Å². The van der Waals surface area contributed by atoms with E-state index in [-0.39, 0.29) is 0 Å². The lowest BCUT2D eigenvalue weighted by Gasteiger charge is -1.97. The second-order valence-corrected chi connectivity index (χ2v) is 4.19. The lowest BCUT2D eigenvalue weighted by molar-refractivity contribution is 0.699. The van der Waals surface area contributed by atoms with E-state index < -0.39 is 0 Å². The fourth-order valence-electron chi connectivity index (χ4n) is 1.42. The highest BCUT2D eigenvalue weighted by molar-refractivity contribution is 5.57. The molecule has 17 heavy (non-hydrogen) atoms. The number of anilines is 1. The van der Waals surface area contributed by atoms with Crippen molar-refractivity contribution in [3.63, 3.8) is 0 Å². The molecule has 0 saturated carbocycles. The molecule has 0 aliphatic rings. The highest BCUT2D eigenvalue weighted by atomic mass is 15.3. The van der Waals surface area contributed by atoms with Crippen molar-refractivity contribution in [2.24, 2.45) is 0 Å². The summed E-state index contributed by atoms with van der Waals surface area (Å²) in [4.78, 5) is 4.28. The van der Waals surface area contributed by atoms with Crippen LogP contribution in [0.1, 0.15) is 13.8 Å². The average Bonchev–Trinajstić information content (AvgIpc) is 2.76. The van der Waals surface area contributed by atoms with E-state index in [0.29, 0.717) is 0 Å². The summed E-state index contributed by atoms with van der Waals surface area (Å²) in [6, 6.07) is 7.56. The molecule has 1 aromatic carbocycles. The van der Waals surface area contributed by atoms with Crippen LogP contribution >= 0.6 is 0 Å². The summed E-state index contributed by atoms with van der Waals surface area (Å²) in [6.07, 6.45) is 3.85. The van der Waals surface area contributed by atoms with Gasteiger partial charge in [0.05, 0.1) is 6.54 Å². The van der Waals surface area contributed by atoms with Crippen molar-refractivity contribution in [3.05, 3.63) is 42.2 Å². The topological polar surface area (TPSA) is 56.7 Å². The van der Waals surface area contributed by atoms with Gasteiger partial charge in [-0.1, -0.05) is 11.6 Å². The standard InChI is InChI=1S/C13H16N4/c1-10(2)7-8-17-9-15-13(16-17)11-3-5-12(14)6-4-11/h3-7,9H,8,14H2,1-2H3. The molecular formula is C13H16N4. The third-order valence-corrected chi connectivity index (χ3v) is 2.39. The first-order chi connectivity index (χ1) is 8.15. The largest absolute Gasteiger partial charge is 0.399 e. The molecular weight excluding hydrogens is 212 g/mol. The molecule has 88 valence electrons. The Labute approximate surface area is 101 Å². The molecule has 0 aliphatic heterocycles. The van der Waals surface area contributed by atoms with Gasteiger partial charge in [-0.15, -0.1) is 0 Å². The van der Waals surface area contributed by atoms with Crippen LogP contribution in [-0.2, 0) is 6.54 Å². The summed E-state index contributed by atoms with van der Waals surface area (Å²) in [5.74, 6) is 0.729. The van der Waals surface area contributed by atoms with Gasteiger partial charge in [0.15, 0.2) is 5.82 Å². The van der Waals surface area contributed by atoms with E-state index in [1.54, 1.807) is 6.33 Å². The van der Waals surface area contributed by atoms with E-state index in [2.05, 4.69) is 30.0 Å². The molecule has 0 amide bonds. The Morgan fingerprint density at radius 1 is 1.29 bits per heavy atom. The predicted octanol–water partition coefficient (Wildman–Crippen LogP) is 2.49. The van der Waals surface area contributed by atoms with E-state index in [1.807, 2.05) is 28.9 Å². The molecule has 4 nitrogen and oxygen atoms in total. The number of allylic oxidation sites excluding steroid dienone is 2. The molecule has 0 saturated heterocycles. The van der Waals surface area contributed by atoms with Crippen molar-refractivity contribution in [1.29, 1.82) is 0 Å². The first-order valence-electron chi connectivity index (χ1n) is 5.54. The van der Waals surface area contributed by atoms with Gasteiger partial charge in [0.25, 0.3) is 0 Å². The summed E-state index contributed by atoms with van der Waals surface area (Å²) in [6.45, 7) is 4.89. The maximum Gasteiger partial charge on any atom is 0.181 e. The molecule has 0 spiro atoms. The fraction of sp³-hybridized carbons (Fsp3) is 0.231. The highest BCUT2D eigenvalue weighted by Crippen LogP contribution is 2.15. The van der Waals surface area contributed by atoms with Crippen molar-refractivity contribution in [2.45, 2.75) is 20.4 Å². The third-order valence-electron chi connectivity index (χ3n) is 2.39. The third kappa shape index (κ3) is 2.93. The quantitative estimate of drug-likeness (QED) is 0.648. The van der Waals surface area contributed by atoms with E-state index in [4.69, 9.17) is 5.73 Å². The van der Waals surface area contributed by atoms with Gasteiger partial charge in [0.2, 0.25) is 0 Å². The Morgan fingerprint density at radius 2 is 2.00 bits per heavy atom. The lowest BCUT2D eigenvalue weighted by Crippen LogP contribution is -1.96. The molecule has 2 N–H and O–H groups in total. The minimum absolute atomic E-state index is 0.729. The summed E-state index contributed by atoms with van der Waals surface area (Å²) in [5, 5.41) is 4.40. The fourth-order valence-corrected chi connectivity index (χ4v) is 1.42. The Balaban J connectivity index is 2.18. The molecule has 0 atom stereocenters. The summed E-state index contributed by atoms with van der Waals surface area (Å²) in [7, 11) is 0. The van der Waals surface area contributed by atoms with Gasteiger partial charge in [-0.2, -0.15) is 5.10 Å². The summed E-state index contributed by atoms with van der Waals surface area (Å²) in [5.41, 5.74) is 8.64. The number of aromatic nitrogens is 3. The van der Waals surface area contributed by atoms with Crippen molar-refractivity contribution in [1.82, 2.24) is 14.8 Å². The first kappa shape index (κ1) is 11.4. The maximum absolute atomic E-state index is 5.64. The molecule has 2 aromatic rings. The molecule has 0 bridgehead atoms. The summed E-state index contributed by atoms with van der Waals surface area (Å²) < 4.78 is 1.82. The molecule has 0 aliphatic carbocycles. The average molecular weight is 228 g/mol. The van der Waals surface area contributed by atoms with Crippen LogP contribution in [0.5, 0.6) is 0 Å². The smallest absolute Gasteiger partial charge is 0.181 e. The summed E-state index contributed by atoms with van der Waals surface area (Å²) >= 11 is 0. The second-order valence-electron chi connectivity index (χ2n) is 4.19. The van der Waals surface area contributed by atoms with Gasteiger partial charge in [-0.3, -0.25) is 0 Å². The van der Waals surface area contributed by atoms with Crippen LogP contribution in [-0.4, -0.2) is 14.8 Å². The van der Waals surface area contributed by atoms with Gasteiger partial charge < -0.3 is 5.73 Å². The van der Waals surface area contributed by atoms with Gasteiger partial charge >= 0.3 is 0 Å². The number of hydrogen-bond acceptors (Lipinski definition) is 3. The Morgan fingerprint density at radius 3 is 2.65 bits per heavy atom. The highest BCUT2D eigenvalue weighted by Gasteiger charge is 2.02. The second kappa shape index (κ2) is 4.82.